The van der Waals surface area contributed by atoms with Crippen molar-refractivity contribution in [2.45, 2.75) is 72.8 Å². The maximum absolute atomic E-state index is 4.41. The van der Waals surface area contributed by atoms with Crippen LogP contribution < -0.4 is 4.90 Å². The summed E-state index contributed by atoms with van der Waals surface area (Å²) in [5, 5.41) is 0. The SMILES string of the molecule is C=Cc1ccc(C(C)C(CC)CCC)c(N2CCN(CCN3CCN(S(=C)CC)CC3)C(/C=C\C)C(C)(C=C)C2)c1. The Bertz CT molecular complexity index is 1030. The molecule has 1 aromatic carbocycles. The number of hydrogen-bond acceptors (Lipinski definition) is 4. The van der Waals surface area contributed by atoms with Gasteiger partial charge < -0.3 is 4.90 Å². The highest BCUT2D eigenvalue weighted by Gasteiger charge is 2.39. The molecule has 4 nitrogen and oxygen atoms in total. The van der Waals surface area contributed by atoms with Crippen molar-refractivity contribution in [2.24, 2.45) is 11.3 Å². The third-order valence-corrected chi connectivity index (χ3v) is 11.6. The van der Waals surface area contributed by atoms with Gasteiger partial charge in [0.15, 0.2) is 0 Å². The summed E-state index contributed by atoms with van der Waals surface area (Å²) >= 11 is 0. The van der Waals surface area contributed by atoms with Crippen molar-refractivity contribution in [2.75, 3.05) is 69.6 Å². The van der Waals surface area contributed by atoms with Crippen LogP contribution in [-0.2, 0) is 0 Å². The summed E-state index contributed by atoms with van der Waals surface area (Å²) in [6.07, 6.45) is 12.6. The van der Waals surface area contributed by atoms with Crippen LogP contribution >= 0.6 is 10.7 Å². The minimum Gasteiger partial charge on any atom is -0.369 e. The van der Waals surface area contributed by atoms with Crippen molar-refractivity contribution in [1.82, 2.24) is 14.1 Å². The lowest BCUT2D eigenvalue weighted by atomic mass is 9.79. The molecule has 41 heavy (non-hydrogen) atoms. The molecule has 2 aliphatic heterocycles. The van der Waals surface area contributed by atoms with Gasteiger partial charge in [-0.1, -0.05) is 103 Å². The second-order valence-corrected chi connectivity index (χ2v) is 14.4. The minimum absolute atomic E-state index is 0.0661. The molecule has 0 aromatic heterocycles. The van der Waals surface area contributed by atoms with E-state index in [-0.39, 0.29) is 16.1 Å². The largest absolute Gasteiger partial charge is 0.369 e. The Hall–Kier alpha value is -1.66. The van der Waals surface area contributed by atoms with Gasteiger partial charge in [0.2, 0.25) is 0 Å². The van der Waals surface area contributed by atoms with Crippen LogP contribution in [0.5, 0.6) is 0 Å². The molecule has 5 unspecified atom stereocenters. The molecule has 2 aliphatic rings. The molecule has 0 N–H and O–H groups in total. The monoisotopic (exact) mass is 580 g/mol. The first-order valence-corrected chi connectivity index (χ1v) is 17.8. The molecule has 0 aliphatic carbocycles. The van der Waals surface area contributed by atoms with Gasteiger partial charge in [-0.15, -0.1) is 17.2 Å². The molecule has 230 valence electrons. The first-order chi connectivity index (χ1) is 19.7. The van der Waals surface area contributed by atoms with Gasteiger partial charge in [-0.2, -0.15) is 0 Å². The standard InChI is InChI=1S/C36H60N4S/c1-10-16-32(13-4)30(7)33-19-18-31(12-3)28-34(33)39-25-24-38(35(17-11-2)36(8,14-5)29-39)23-20-37-21-26-40(27-22-37)41(9)15-6/h11-12,14,17-19,28,30,32,35H,3,5,9-10,13,15-16,20-27,29H2,1-2,4,6-8H3/b17-11-. The number of benzene rings is 1. The number of anilines is 1. The highest BCUT2D eigenvalue weighted by Crippen LogP contribution is 2.40. The molecule has 5 atom stereocenters. The first kappa shape index (κ1) is 33.8. The molecule has 0 saturated carbocycles. The summed E-state index contributed by atoms with van der Waals surface area (Å²) in [4.78, 5) is 8.07. The highest BCUT2D eigenvalue weighted by atomic mass is 32.2. The Morgan fingerprint density at radius 2 is 1.78 bits per heavy atom. The van der Waals surface area contributed by atoms with Gasteiger partial charge >= 0.3 is 0 Å². The second-order valence-electron chi connectivity index (χ2n) is 12.4. The Morgan fingerprint density at radius 3 is 2.37 bits per heavy atom. The average Bonchev–Trinajstić information content (AvgIpc) is 3.14. The molecule has 2 heterocycles. The molecule has 2 saturated heterocycles. The molecule has 0 bridgehead atoms. The highest BCUT2D eigenvalue weighted by molar-refractivity contribution is 8.12. The first-order valence-electron chi connectivity index (χ1n) is 16.2. The molecule has 0 amide bonds. The van der Waals surface area contributed by atoms with Crippen molar-refractivity contribution < 1.29 is 0 Å². The lowest BCUT2D eigenvalue weighted by Crippen LogP contribution is -2.50. The molecule has 5 heteroatoms. The van der Waals surface area contributed by atoms with E-state index in [9.17, 15) is 0 Å². The topological polar surface area (TPSA) is 13.0 Å². The van der Waals surface area contributed by atoms with E-state index >= 15 is 0 Å². The zero-order valence-corrected chi connectivity index (χ0v) is 28.1. The Balaban J connectivity index is 1.87. The Labute approximate surface area is 256 Å². The van der Waals surface area contributed by atoms with Crippen LogP contribution in [0.2, 0.25) is 0 Å². The zero-order valence-electron chi connectivity index (χ0n) is 27.3. The van der Waals surface area contributed by atoms with Crippen molar-refractivity contribution in [3.63, 3.8) is 0 Å². The van der Waals surface area contributed by atoms with E-state index in [0.717, 1.165) is 64.7 Å². The van der Waals surface area contributed by atoms with Crippen molar-refractivity contribution in [1.29, 1.82) is 0 Å². The smallest absolute Gasteiger partial charge is 0.0408 e. The fraction of sp³-hybridized carbons (Fsp3) is 0.639. The van der Waals surface area contributed by atoms with Crippen LogP contribution in [0.25, 0.3) is 6.08 Å². The molecule has 0 spiro atoms. The van der Waals surface area contributed by atoms with Crippen LogP contribution in [0, 0.1) is 11.3 Å². The van der Waals surface area contributed by atoms with E-state index in [1.54, 1.807) is 0 Å². The van der Waals surface area contributed by atoms with E-state index in [0.29, 0.717) is 17.9 Å². The van der Waals surface area contributed by atoms with Gasteiger partial charge in [-0.3, -0.25) is 14.1 Å². The molecule has 2 fully saturated rings. The van der Waals surface area contributed by atoms with Crippen molar-refractivity contribution >= 4 is 28.3 Å². The fourth-order valence-electron chi connectivity index (χ4n) is 7.00. The normalized spacial score (nSPS) is 25.6. The molecule has 1 aromatic rings. The van der Waals surface area contributed by atoms with E-state index in [1.165, 1.54) is 36.1 Å². The minimum atomic E-state index is -0.0661. The van der Waals surface area contributed by atoms with E-state index in [2.05, 4.69) is 116 Å². The number of nitrogens with zero attached hydrogens (tertiary/aromatic N) is 4. The zero-order chi connectivity index (χ0) is 30.0. The predicted octanol–water partition coefficient (Wildman–Crippen LogP) is 7.77. The molecular formula is C36H60N4S. The number of rotatable bonds is 14. The average molecular weight is 581 g/mol. The number of allylic oxidation sites excluding steroid dienone is 1. The second kappa shape index (κ2) is 16.3. The quantitative estimate of drug-likeness (QED) is 0.165. The maximum atomic E-state index is 4.41. The third-order valence-electron chi connectivity index (χ3n) is 9.84. The Kier molecular flexibility index (Phi) is 13.4. The predicted molar refractivity (Wildman–Crippen MR) is 188 cm³/mol. The van der Waals surface area contributed by atoms with Crippen LogP contribution in [0.3, 0.4) is 0 Å². The van der Waals surface area contributed by atoms with Crippen molar-refractivity contribution in [3.8, 4) is 0 Å². The summed E-state index contributed by atoms with van der Waals surface area (Å²) in [6.45, 7) is 32.3. The van der Waals surface area contributed by atoms with Crippen LogP contribution in [-0.4, -0.2) is 90.7 Å². The fourth-order valence-corrected chi connectivity index (χ4v) is 8.04. The van der Waals surface area contributed by atoms with Crippen LogP contribution in [0.15, 0.2) is 49.6 Å². The summed E-state index contributed by atoms with van der Waals surface area (Å²) in [5.41, 5.74) is 4.03. The van der Waals surface area contributed by atoms with Gasteiger partial charge in [0.1, 0.15) is 0 Å². The van der Waals surface area contributed by atoms with E-state index in [1.807, 2.05) is 6.08 Å². The molecule has 3 rings (SSSR count). The molecule has 0 radical (unpaired) electrons. The number of piperazine rings is 1. The van der Waals surface area contributed by atoms with E-state index in [4.69, 9.17) is 0 Å². The maximum Gasteiger partial charge on any atom is 0.0408 e. The van der Waals surface area contributed by atoms with E-state index < -0.39 is 0 Å². The third kappa shape index (κ3) is 8.46. The Morgan fingerprint density at radius 1 is 1.05 bits per heavy atom. The van der Waals surface area contributed by atoms with Crippen LogP contribution in [0.4, 0.5) is 5.69 Å². The van der Waals surface area contributed by atoms with Gasteiger partial charge in [0, 0.05) is 76.0 Å². The summed E-state index contributed by atoms with van der Waals surface area (Å²) in [5.74, 6) is 6.76. The van der Waals surface area contributed by atoms with Crippen LogP contribution in [0.1, 0.15) is 77.8 Å². The van der Waals surface area contributed by atoms with Crippen molar-refractivity contribution in [3.05, 3.63) is 60.7 Å². The van der Waals surface area contributed by atoms with Gasteiger partial charge in [0.25, 0.3) is 0 Å². The summed E-state index contributed by atoms with van der Waals surface area (Å²) in [7, 11) is 0.170. The summed E-state index contributed by atoms with van der Waals surface area (Å²) < 4.78 is 2.58. The van der Waals surface area contributed by atoms with Gasteiger partial charge in [-0.25, -0.2) is 0 Å². The summed E-state index contributed by atoms with van der Waals surface area (Å²) in [6, 6.07) is 7.38. The lowest BCUT2D eigenvalue weighted by molar-refractivity contribution is 0.127. The van der Waals surface area contributed by atoms with Gasteiger partial charge in [0.05, 0.1) is 0 Å². The lowest BCUT2D eigenvalue weighted by Gasteiger charge is -2.41. The number of hydrogen-bond donors (Lipinski definition) is 0. The molecular weight excluding hydrogens is 520 g/mol. The van der Waals surface area contributed by atoms with Gasteiger partial charge in [-0.05, 0) is 41.7 Å².